The Morgan fingerprint density at radius 2 is 1.42 bits per heavy atom. The Hall–Kier alpha value is -4.52. The van der Waals surface area contributed by atoms with Gasteiger partial charge in [0.05, 0.1) is 16.8 Å². The van der Waals surface area contributed by atoms with E-state index in [1.54, 1.807) is 36.7 Å². The SMILES string of the molecule is O=C(Nc1cc(-c2ccccc2)ccc1C(=O)O)c1ccc(-c2ncccn2)cc1O. The van der Waals surface area contributed by atoms with Gasteiger partial charge in [0.25, 0.3) is 5.91 Å². The van der Waals surface area contributed by atoms with Gasteiger partial charge in [0.15, 0.2) is 5.82 Å². The molecular formula is C24H17N3O4. The molecule has 0 fully saturated rings. The van der Waals surface area contributed by atoms with Crippen molar-refractivity contribution in [2.75, 3.05) is 5.32 Å². The number of nitrogens with zero attached hydrogens (tertiary/aromatic N) is 2. The number of anilines is 1. The first-order valence-electron chi connectivity index (χ1n) is 9.37. The van der Waals surface area contributed by atoms with Crippen molar-refractivity contribution in [3.05, 3.63) is 96.3 Å². The second-order valence-corrected chi connectivity index (χ2v) is 6.69. The van der Waals surface area contributed by atoms with Crippen molar-refractivity contribution in [3.8, 4) is 28.3 Å². The van der Waals surface area contributed by atoms with Crippen molar-refractivity contribution in [3.63, 3.8) is 0 Å². The molecule has 0 radical (unpaired) electrons. The maximum atomic E-state index is 12.8. The number of aromatic hydroxyl groups is 1. The Balaban J connectivity index is 1.65. The largest absolute Gasteiger partial charge is 0.507 e. The molecule has 3 N–H and O–H groups in total. The fraction of sp³-hybridized carbons (Fsp3) is 0. The number of carboxylic acid groups (broad SMARTS) is 1. The summed E-state index contributed by atoms with van der Waals surface area (Å²) in [4.78, 5) is 32.7. The number of phenols is 1. The molecule has 0 saturated heterocycles. The van der Waals surface area contributed by atoms with Gasteiger partial charge >= 0.3 is 5.97 Å². The summed E-state index contributed by atoms with van der Waals surface area (Å²) in [5, 5.41) is 22.5. The van der Waals surface area contributed by atoms with E-state index in [1.165, 1.54) is 18.2 Å². The molecule has 0 saturated carbocycles. The summed E-state index contributed by atoms with van der Waals surface area (Å²) in [6.07, 6.45) is 3.15. The normalized spacial score (nSPS) is 10.5. The Morgan fingerprint density at radius 1 is 0.742 bits per heavy atom. The van der Waals surface area contributed by atoms with Crippen LogP contribution >= 0.6 is 0 Å². The summed E-state index contributed by atoms with van der Waals surface area (Å²) in [7, 11) is 0. The minimum absolute atomic E-state index is 0.00105. The van der Waals surface area contributed by atoms with Crippen molar-refractivity contribution < 1.29 is 19.8 Å². The van der Waals surface area contributed by atoms with Crippen LogP contribution in [0.5, 0.6) is 5.75 Å². The highest BCUT2D eigenvalue weighted by Crippen LogP contribution is 2.28. The Morgan fingerprint density at radius 3 is 2.10 bits per heavy atom. The summed E-state index contributed by atoms with van der Waals surface area (Å²) < 4.78 is 0. The zero-order valence-electron chi connectivity index (χ0n) is 16.2. The predicted molar refractivity (Wildman–Crippen MR) is 116 cm³/mol. The number of hydrogen-bond donors (Lipinski definition) is 3. The lowest BCUT2D eigenvalue weighted by Gasteiger charge is -2.12. The van der Waals surface area contributed by atoms with Crippen LogP contribution in [0.1, 0.15) is 20.7 Å². The van der Waals surface area contributed by atoms with Crippen LogP contribution in [0.3, 0.4) is 0 Å². The van der Waals surface area contributed by atoms with E-state index in [0.717, 1.165) is 11.1 Å². The van der Waals surface area contributed by atoms with Crippen LogP contribution in [0.15, 0.2) is 85.2 Å². The van der Waals surface area contributed by atoms with Crippen LogP contribution in [0.25, 0.3) is 22.5 Å². The minimum Gasteiger partial charge on any atom is -0.507 e. The number of hydrogen-bond acceptors (Lipinski definition) is 5. The van der Waals surface area contributed by atoms with E-state index in [-0.39, 0.29) is 22.6 Å². The zero-order valence-corrected chi connectivity index (χ0v) is 16.2. The Labute approximate surface area is 177 Å². The van der Waals surface area contributed by atoms with Crippen LogP contribution in [-0.4, -0.2) is 32.1 Å². The molecule has 0 spiro atoms. The van der Waals surface area contributed by atoms with E-state index in [0.29, 0.717) is 11.4 Å². The third-order valence-electron chi connectivity index (χ3n) is 4.67. The second-order valence-electron chi connectivity index (χ2n) is 6.69. The Bertz CT molecular complexity index is 1260. The zero-order chi connectivity index (χ0) is 21.8. The van der Waals surface area contributed by atoms with Gasteiger partial charge in [-0.25, -0.2) is 14.8 Å². The molecule has 0 bridgehead atoms. The molecule has 0 atom stereocenters. The molecule has 0 unspecified atom stereocenters. The lowest BCUT2D eigenvalue weighted by atomic mass is 10.0. The summed E-state index contributed by atoms with van der Waals surface area (Å²) in [5.41, 5.74) is 2.26. The van der Waals surface area contributed by atoms with Crippen molar-refractivity contribution in [1.82, 2.24) is 9.97 Å². The number of rotatable bonds is 5. The molecule has 1 aromatic heterocycles. The van der Waals surface area contributed by atoms with Crippen LogP contribution < -0.4 is 5.32 Å². The highest BCUT2D eigenvalue weighted by atomic mass is 16.4. The molecule has 31 heavy (non-hydrogen) atoms. The van der Waals surface area contributed by atoms with Gasteiger partial charge in [-0.15, -0.1) is 0 Å². The van der Waals surface area contributed by atoms with E-state index < -0.39 is 11.9 Å². The van der Waals surface area contributed by atoms with Gasteiger partial charge in [-0.2, -0.15) is 0 Å². The monoisotopic (exact) mass is 411 g/mol. The van der Waals surface area contributed by atoms with E-state index >= 15 is 0 Å². The topological polar surface area (TPSA) is 112 Å². The molecule has 7 heteroatoms. The molecule has 152 valence electrons. The average molecular weight is 411 g/mol. The maximum absolute atomic E-state index is 12.8. The first-order chi connectivity index (χ1) is 15.0. The number of aromatic carboxylic acids is 1. The van der Waals surface area contributed by atoms with Crippen LogP contribution in [-0.2, 0) is 0 Å². The number of carbonyl (C=O) groups is 2. The highest BCUT2D eigenvalue weighted by molar-refractivity contribution is 6.09. The number of carbonyl (C=O) groups excluding carboxylic acids is 1. The molecule has 4 rings (SSSR count). The number of aromatic nitrogens is 2. The van der Waals surface area contributed by atoms with Gasteiger partial charge < -0.3 is 15.5 Å². The maximum Gasteiger partial charge on any atom is 0.337 e. The standard InChI is InChI=1S/C24H17N3O4/c28-21-14-17(22-25-11-4-12-26-22)8-10-19(21)23(29)27-20-13-16(7-9-18(20)24(30)31)15-5-2-1-3-6-15/h1-14,28H,(H,27,29)(H,30,31). The fourth-order valence-electron chi connectivity index (χ4n) is 3.14. The van der Waals surface area contributed by atoms with E-state index in [1.807, 2.05) is 30.3 Å². The van der Waals surface area contributed by atoms with Gasteiger partial charge in [0.1, 0.15) is 5.75 Å². The van der Waals surface area contributed by atoms with Crippen molar-refractivity contribution in [1.29, 1.82) is 0 Å². The smallest absolute Gasteiger partial charge is 0.337 e. The molecule has 4 aromatic rings. The van der Waals surface area contributed by atoms with Crippen molar-refractivity contribution >= 4 is 17.6 Å². The molecule has 1 heterocycles. The molecule has 3 aromatic carbocycles. The summed E-state index contributed by atoms with van der Waals surface area (Å²) >= 11 is 0. The summed E-state index contributed by atoms with van der Waals surface area (Å²) in [5.74, 6) is -1.66. The molecule has 0 aliphatic carbocycles. The van der Waals surface area contributed by atoms with Gasteiger partial charge in [-0.1, -0.05) is 42.5 Å². The lowest BCUT2D eigenvalue weighted by molar-refractivity contribution is 0.0698. The quantitative estimate of drug-likeness (QED) is 0.447. The van der Waals surface area contributed by atoms with Gasteiger partial charge in [-0.3, -0.25) is 4.79 Å². The number of carboxylic acids is 1. The van der Waals surface area contributed by atoms with Gasteiger partial charge in [0, 0.05) is 18.0 Å². The highest BCUT2D eigenvalue weighted by Gasteiger charge is 2.18. The third-order valence-corrected chi connectivity index (χ3v) is 4.67. The van der Waals surface area contributed by atoms with Gasteiger partial charge in [-0.05, 0) is 41.5 Å². The average Bonchev–Trinajstić information content (AvgIpc) is 2.80. The van der Waals surface area contributed by atoms with E-state index in [9.17, 15) is 19.8 Å². The number of nitrogens with one attached hydrogen (secondary N) is 1. The fourth-order valence-corrected chi connectivity index (χ4v) is 3.14. The number of amides is 1. The van der Waals surface area contributed by atoms with Crippen molar-refractivity contribution in [2.24, 2.45) is 0 Å². The first-order valence-corrected chi connectivity index (χ1v) is 9.37. The molecule has 0 aliphatic heterocycles. The number of phenolic OH excluding ortho intramolecular Hbond substituents is 1. The minimum atomic E-state index is -1.17. The third kappa shape index (κ3) is 4.25. The van der Waals surface area contributed by atoms with Crippen LogP contribution in [0.4, 0.5) is 5.69 Å². The van der Waals surface area contributed by atoms with Crippen LogP contribution in [0, 0.1) is 0 Å². The number of benzene rings is 3. The summed E-state index contributed by atoms with van der Waals surface area (Å²) in [6.45, 7) is 0. The second kappa shape index (κ2) is 8.46. The summed E-state index contributed by atoms with van der Waals surface area (Å²) in [6, 6.07) is 20.2. The molecule has 1 amide bonds. The molecule has 0 aliphatic rings. The first kappa shape index (κ1) is 19.8. The lowest BCUT2D eigenvalue weighted by Crippen LogP contribution is -2.15. The van der Waals surface area contributed by atoms with Crippen molar-refractivity contribution in [2.45, 2.75) is 0 Å². The van der Waals surface area contributed by atoms with E-state index in [2.05, 4.69) is 15.3 Å². The molecule has 7 nitrogen and oxygen atoms in total. The molecular weight excluding hydrogens is 394 g/mol. The Kier molecular flexibility index (Phi) is 5.40. The van der Waals surface area contributed by atoms with Gasteiger partial charge in [0.2, 0.25) is 0 Å². The van der Waals surface area contributed by atoms with Crippen LogP contribution in [0.2, 0.25) is 0 Å². The van der Waals surface area contributed by atoms with E-state index in [4.69, 9.17) is 0 Å². The predicted octanol–water partition coefficient (Wildman–Crippen LogP) is 4.47.